The summed E-state index contributed by atoms with van der Waals surface area (Å²) < 4.78 is 2.01. The molecule has 10 heteroatoms. The summed E-state index contributed by atoms with van der Waals surface area (Å²) in [5, 5.41) is 16.0. The summed E-state index contributed by atoms with van der Waals surface area (Å²) in [6.07, 6.45) is 1.95. The molecule has 1 N–H and O–H groups in total. The van der Waals surface area contributed by atoms with Gasteiger partial charge in [-0.15, -0.1) is 11.3 Å². The van der Waals surface area contributed by atoms with Gasteiger partial charge in [0, 0.05) is 45.7 Å². The van der Waals surface area contributed by atoms with Crippen molar-refractivity contribution in [2.75, 3.05) is 5.32 Å². The Bertz CT molecular complexity index is 1670. The second-order valence-corrected chi connectivity index (χ2v) is 9.23. The first-order valence-corrected chi connectivity index (χ1v) is 12.0. The smallest absolute Gasteiger partial charge is 0.288 e. The van der Waals surface area contributed by atoms with Crippen LogP contribution in [0, 0.1) is 17.0 Å². The Labute approximate surface area is 214 Å². The number of thiazole rings is 1. The average molecular weight is 517 g/mol. The molecule has 8 nitrogen and oxygen atoms in total. The van der Waals surface area contributed by atoms with Crippen molar-refractivity contribution in [2.24, 2.45) is 0 Å². The highest BCUT2D eigenvalue weighted by atomic mass is 35.5. The largest absolute Gasteiger partial charge is 0.322 e. The number of imidazole rings is 1. The molecule has 0 fully saturated rings. The topological polar surface area (TPSA) is 107 Å². The SMILES string of the molecule is Cc1csc2nc(-c3cccc(NC(=O)c4ccccc4C(=O)c4ccc(Cl)c([N+](=O)[O-])c4)c3)cn12. The van der Waals surface area contributed by atoms with Crippen LogP contribution in [0.2, 0.25) is 5.02 Å². The summed E-state index contributed by atoms with van der Waals surface area (Å²) in [5.74, 6) is -1.01. The van der Waals surface area contributed by atoms with Crippen LogP contribution in [0.25, 0.3) is 16.2 Å². The molecule has 0 radical (unpaired) electrons. The van der Waals surface area contributed by atoms with Gasteiger partial charge >= 0.3 is 0 Å². The van der Waals surface area contributed by atoms with Crippen molar-refractivity contribution < 1.29 is 14.5 Å². The molecule has 0 spiro atoms. The number of carbonyl (C=O) groups is 2. The molecule has 0 atom stereocenters. The van der Waals surface area contributed by atoms with E-state index in [0.29, 0.717) is 5.69 Å². The van der Waals surface area contributed by atoms with Gasteiger partial charge < -0.3 is 5.32 Å². The van der Waals surface area contributed by atoms with Gasteiger partial charge in [0.25, 0.3) is 11.6 Å². The van der Waals surface area contributed by atoms with Gasteiger partial charge in [-0.25, -0.2) is 4.98 Å². The first kappa shape index (κ1) is 23.4. The van der Waals surface area contributed by atoms with Gasteiger partial charge in [0.2, 0.25) is 0 Å². The molecular weight excluding hydrogens is 500 g/mol. The number of ketones is 1. The Morgan fingerprint density at radius 1 is 1.06 bits per heavy atom. The van der Waals surface area contributed by atoms with E-state index >= 15 is 0 Å². The molecule has 5 rings (SSSR count). The van der Waals surface area contributed by atoms with Crippen LogP contribution in [0.1, 0.15) is 32.0 Å². The fourth-order valence-electron chi connectivity index (χ4n) is 3.82. The number of nitrogens with zero attached hydrogens (tertiary/aromatic N) is 3. The van der Waals surface area contributed by atoms with Crippen molar-refractivity contribution in [3.63, 3.8) is 0 Å². The minimum atomic E-state index is -0.657. The molecule has 2 aromatic heterocycles. The minimum absolute atomic E-state index is 0.0587. The number of carbonyl (C=O) groups excluding carboxylic acids is 2. The molecule has 0 aliphatic carbocycles. The summed E-state index contributed by atoms with van der Waals surface area (Å²) >= 11 is 7.43. The van der Waals surface area contributed by atoms with E-state index in [1.165, 1.54) is 24.3 Å². The summed E-state index contributed by atoms with van der Waals surface area (Å²) in [5.41, 5.74) is 3.18. The molecule has 0 aliphatic heterocycles. The van der Waals surface area contributed by atoms with Gasteiger partial charge in [-0.3, -0.25) is 24.1 Å². The van der Waals surface area contributed by atoms with E-state index in [-0.39, 0.29) is 27.4 Å². The van der Waals surface area contributed by atoms with E-state index in [0.717, 1.165) is 28.0 Å². The lowest BCUT2D eigenvalue weighted by atomic mass is 9.97. The molecule has 2 heterocycles. The highest BCUT2D eigenvalue weighted by molar-refractivity contribution is 7.15. The molecule has 0 bridgehead atoms. The van der Waals surface area contributed by atoms with Gasteiger partial charge in [-0.05, 0) is 37.3 Å². The Balaban J connectivity index is 1.43. The molecule has 5 aromatic rings. The number of amides is 1. The summed E-state index contributed by atoms with van der Waals surface area (Å²) in [4.78, 5) is 42.5. The molecule has 36 heavy (non-hydrogen) atoms. The van der Waals surface area contributed by atoms with Crippen molar-refractivity contribution in [3.05, 3.63) is 116 Å². The van der Waals surface area contributed by atoms with Gasteiger partial charge in [0.1, 0.15) is 5.02 Å². The van der Waals surface area contributed by atoms with Crippen molar-refractivity contribution in [1.29, 1.82) is 0 Å². The first-order valence-electron chi connectivity index (χ1n) is 10.7. The molecule has 1 amide bonds. The van der Waals surface area contributed by atoms with Crippen LogP contribution in [0.5, 0.6) is 0 Å². The molecule has 178 valence electrons. The van der Waals surface area contributed by atoms with Crippen LogP contribution in [-0.4, -0.2) is 26.0 Å². The molecular formula is C26H17ClN4O4S. The number of nitro groups is 1. The maximum absolute atomic E-state index is 13.2. The van der Waals surface area contributed by atoms with E-state index in [1.807, 2.05) is 41.1 Å². The summed E-state index contributed by atoms with van der Waals surface area (Å²) in [6, 6.07) is 17.4. The summed E-state index contributed by atoms with van der Waals surface area (Å²) in [7, 11) is 0. The maximum atomic E-state index is 13.2. The van der Waals surface area contributed by atoms with E-state index in [2.05, 4.69) is 10.3 Å². The number of halogens is 1. The number of anilines is 1. The fraction of sp³-hybridized carbons (Fsp3) is 0.0385. The second-order valence-electron chi connectivity index (χ2n) is 7.99. The lowest BCUT2D eigenvalue weighted by Gasteiger charge is -2.11. The Kier molecular flexibility index (Phi) is 6.09. The van der Waals surface area contributed by atoms with Crippen molar-refractivity contribution in [3.8, 4) is 11.3 Å². The number of fused-ring (bicyclic) bond motifs is 1. The number of benzene rings is 3. The third kappa shape index (κ3) is 4.37. The molecule has 0 saturated heterocycles. The number of rotatable bonds is 6. The number of aromatic nitrogens is 2. The van der Waals surface area contributed by atoms with E-state index in [9.17, 15) is 19.7 Å². The minimum Gasteiger partial charge on any atom is -0.322 e. The van der Waals surface area contributed by atoms with Crippen LogP contribution in [0.3, 0.4) is 0 Å². The molecule has 0 unspecified atom stereocenters. The number of nitro benzene ring substituents is 1. The van der Waals surface area contributed by atoms with Crippen LogP contribution in [0.4, 0.5) is 11.4 Å². The van der Waals surface area contributed by atoms with Crippen LogP contribution in [-0.2, 0) is 0 Å². The normalized spacial score (nSPS) is 10.9. The first-order chi connectivity index (χ1) is 17.3. The quantitative estimate of drug-likeness (QED) is 0.159. The number of aryl methyl sites for hydroxylation is 1. The fourth-order valence-corrected chi connectivity index (χ4v) is 4.85. The van der Waals surface area contributed by atoms with E-state index < -0.39 is 16.6 Å². The number of nitrogens with one attached hydrogen (secondary N) is 1. The van der Waals surface area contributed by atoms with E-state index in [1.54, 1.807) is 29.5 Å². The lowest BCUT2D eigenvalue weighted by Crippen LogP contribution is -2.17. The monoisotopic (exact) mass is 516 g/mol. The maximum Gasteiger partial charge on any atom is 0.288 e. The zero-order chi connectivity index (χ0) is 25.4. The Morgan fingerprint density at radius 3 is 2.58 bits per heavy atom. The van der Waals surface area contributed by atoms with Crippen molar-refractivity contribution in [1.82, 2.24) is 9.38 Å². The second kappa shape index (κ2) is 9.37. The standard InChI is InChI=1S/C26H17ClN4O4S/c1-15-14-36-26-29-22(13-30(15)26)16-5-4-6-18(11-16)28-25(33)20-8-3-2-7-19(20)24(32)17-9-10-21(27)23(12-17)31(34)35/h2-14H,1H3,(H,28,33). The third-order valence-electron chi connectivity index (χ3n) is 5.63. The van der Waals surface area contributed by atoms with Crippen molar-refractivity contribution in [2.45, 2.75) is 6.92 Å². The number of hydrogen-bond donors (Lipinski definition) is 1. The Hall–Kier alpha value is -4.34. The molecule has 0 saturated carbocycles. The van der Waals surface area contributed by atoms with Crippen LogP contribution >= 0.6 is 22.9 Å². The Morgan fingerprint density at radius 2 is 1.83 bits per heavy atom. The van der Waals surface area contributed by atoms with Crippen LogP contribution in [0.15, 0.2) is 78.3 Å². The number of hydrogen-bond acceptors (Lipinski definition) is 6. The van der Waals surface area contributed by atoms with Crippen molar-refractivity contribution >= 4 is 51.0 Å². The van der Waals surface area contributed by atoms with E-state index in [4.69, 9.17) is 11.6 Å². The zero-order valence-corrected chi connectivity index (χ0v) is 20.3. The highest BCUT2D eigenvalue weighted by Gasteiger charge is 2.22. The predicted molar refractivity (Wildman–Crippen MR) is 139 cm³/mol. The highest BCUT2D eigenvalue weighted by Crippen LogP contribution is 2.28. The predicted octanol–water partition coefficient (Wildman–Crippen LogP) is 6.42. The molecule has 3 aromatic carbocycles. The van der Waals surface area contributed by atoms with Gasteiger partial charge in [-0.2, -0.15) is 0 Å². The van der Waals surface area contributed by atoms with Crippen LogP contribution < -0.4 is 5.32 Å². The van der Waals surface area contributed by atoms with Gasteiger partial charge in [0.15, 0.2) is 10.7 Å². The lowest BCUT2D eigenvalue weighted by molar-refractivity contribution is -0.384. The van der Waals surface area contributed by atoms with Gasteiger partial charge in [-0.1, -0.05) is 41.9 Å². The third-order valence-corrected chi connectivity index (χ3v) is 6.90. The molecule has 0 aliphatic rings. The van der Waals surface area contributed by atoms with Gasteiger partial charge in [0.05, 0.1) is 16.2 Å². The average Bonchev–Trinajstić information content (AvgIpc) is 3.46. The summed E-state index contributed by atoms with van der Waals surface area (Å²) in [6.45, 7) is 2.01. The zero-order valence-electron chi connectivity index (χ0n) is 18.8.